The molecule has 0 aliphatic rings. The van der Waals surface area contributed by atoms with E-state index in [1.54, 1.807) is 6.33 Å². The summed E-state index contributed by atoms with van der Waals surface area (Å²) < 4.78 is 0. The van der Waals surface area contributed by atoms with Crippen LogP contribution in [0.5, 0.6) is 0 Å². The average Bonchev–Trinajstić information content (AvgIpc) is 3.19. The van der Waals surface area contributed by atoms with Gasteiger partial charge in [0.1, 0.15) is 0 Å². The number of benzene rings is 2. The molecule has 28 heavy (non-hydrogen) atoms. The predicted molar refractivity (Wildman–Crippen MR) is 115 cm³/mol. The topological polar surface area (TPSA) is 52.2 Å². The van der Waals surface area contributed by atoms with Crippen LogP contribution in [0.3, 0.4) is 0 Å². The Balaban J connectivity index is 1.87. The Morgan fingerprint density at radius 3 is 2.46 bits per heavy atom. The van der Waals surface area contributed by atoms with Crippen LogP contribution in [0.4, 0.5) is 11.4 Å². The van der Waals surface area contributed by atoms with Gasteiger partial charge in [0.2, 0.25) is 0 Å². The third-order valence-electron chi connectivity index (χ3n) is 4.64. The van der Waals surface area contributed by atoms with E-state index >= 15 is 0 Å². The normalized spacial score (nSPS) is 10.9. The number of hydrogen-bond acceptors (Lipinski definition) is 3. The van der Waals surface area contributed by atoms with Crippen LogP contribution in [0.1, 0.15) is 35.5 Å². The molecule has 3 aromatic rings. The van der Waals surface area contributed by atoms with Crippen molar-refractivity contribution in [3.05, 3.63) is 77.9 Å². The predicted octanol–water partition coefficient (Wildman–Crippen LogP) is 4.66. The third kappa shape index (κ3) is 4.80. The molecule has 1 N–H and O–H groups in total. The number of H-pyrrole nitrogens is 1. The zero-order chi connectivity index (χ0) is 20.1. The van der Waals surface area contributed by atoms with Crippen molar-refractivity contribution in [2.24, 2.45) is 5.92 Å². The standard InChI is InChI=1S/C23H28N4O/c1-17(2)14-27(23(28)19-10-8-18(3)9-11-19)22-7-5-6-21(12-22)26(4)15-20-13-24-16-25-20/h5-13,16-17H,14-15H2,1-4H3,(H,24,25). The maximum atomic E-state index is 13.2. The number of aromatic amines is 1. The van der Waals surface area contributed by atoms with Crippen LogP contribution in [-0.4, -0.2) is 29.5 Å². The molecular weight excluding hydrogens is 348 g/mol. The van der Waals surface area contributed by atoms with Gasteiger partial charge in [-0.05, 0) is 43.2 Å². The van der Waals surface area contributed by atoms with Gasteiger partial charge in [0.25, 0.3) is 5.91 Å². The molecule has 2 aromatic carbocycles. The van der Waals surface area contributed by atoms with Crippen LogP contribution >= 0.6 is 0 Å². The molecule has 0 radical (unpaired) electrons. The number of hydrogen-bond donors (Lipinski definition) is 1. The molecule has 0 aliphatic heterocycles. The maximum Gasteiger partial charge on any atom is 0.258 e. The largest absolute Gasteiger partial charge is 0.369 e. The van der Waals surface area contributed by atoms with E-state index in [0.29, 0.717) is 18.0 Å². The molecule has 0 bridgehead atoms. The lowest BCUT2D eigenvalue weighted by atomic mass is 10.1. The summed E-state index contributed by atoms with van der Waals surface area (Å²) in [6.07, 6.45) is 3.51. The molecule has 0 fully saturated rings. The third-order valence-corrected chi connectivity index (χ3v) is 4.64. The number of aryl methyl sites for hydroxylation is 1. The molecule has 0 saturated carbocycles. The molecule has 1 amide bonds. The van der Waals surface area contributed by atoms with E-state index in [9.17, 15) is 4.79 Å². The van der Waals surface area contributed by atoms with Gasteiger partial charge in [-0.15, -0.1) is 0 Å². The Hall–Kier alpha value is -3.08. The van der Waals surface area contributed by atoms with Crippen molar-refractivity contribution in [1.82, 2.24) is 9.97 Å². The van der Waals surface area contributed by atoms with E-state index in [-0.39, 0.29) is 5.91 Å². The SMILES string of the molecule is Cc1ccc(C(=O)N(CC(C)C)c2cccc(N(C)Cc3cnc[nH]3)c2)cc1. The molecule has 146 valence electrons. The molecule has 0 aliphatic carbocycles. The maximum absolute atomic E-state index is 13.2. The number of imidazole rings is 1. The number of aromatic nitrogens is 2. The van der Waals surface area contributed by atoms with Gasteiger partial charge < -0.3 is 14.8 Å². The first kappa shape index (κ1) is 19.7. The highest BCUT2D eigenvalue weighted by molar-refractivity contribution is 6.06. The van der Waals surface area contributed by atoms with E-state index in [1.807, 2.05) is 61.5 Å². The van der Waals surface area contributed by atoms with Crippen LogP contribution in [-0.2, 0) is 6.54 Å². The fourth-order valence-electron chi connectivity index (χ4n) is 3.14. The van der Waals surface area contributed by atoms with Crippen molar-refractivity contribution in [2.45, 2.75) is 27.3 Å². The molecule has 0 saturated heterocycles. The van der Waals surface area contributed by atoms with E-state index < -0.39 is 0 Å². The van der Waals surface area contributed by atoms with Crippen molar-refractivity contribution in [3.63, 3.8) is 0 Å². The fraction of sp³-hybridized carbons (Fsp3) is 0.304. The minimum absolute atomic E-state index is 0.0297. The van der Waals surface area contributed by atoms with E-state index in [4.69, 9.17) is 0 Å². The number of carbonyl (C=O) groups is 1. The number of rotatable bonds is 7. The number of amides is 1. The van der Waals surface area contributed by atoms with E-state index in [0.717, 1.165) is 29.2 Å². The summed E-state index contributed by atoms with van der Waals surface area (Å²) in [5, 5.41) is 0. The second-order valence-corrected chi connectivity index (χ2v) is 7.63. The number of carbonyl (C=O) groups excluding carboxylic acids is 1. The molecule has 5 nitrogen and oxygen atoms in total. The lowest BCUT2D eigenvalue weighted by molar-refractivity contribution is 0.0984. The van der Waals surface area contributed by atoms with Gasteiger partial charge in [-0.25, -0.2) is 4.98 Å². The summed E-state index contributed by atoms with van der Waals surface area (Å²) in [4.78, 5) is 24.4. The summed E-state index contributed by atoms with van der Waals surface area (Å²) in [7, 11) is 2.04. The Bertz CT molecular complexity index is 901. The molecule has 1 aromatic heterocycles. The molecule has 0 unspecified atom stereocenters. The van der Waals surface area contributed by atoms with Crippen molar-refractivity contribution in [1.29, 1.82) is 0 Å². The molecule has 1 heterocycles. The van der Waals surface area contributed by atoms with Crippen LogP contribution in [0.15, 0.2) is 61.1 Å². The summed E-state index contributed by atoms with van der Waals surface area (Å²) in [6.45, 7) is 7.67. The lowest BCUT2D eigenvalue weighted by Crippen LogP contribution is -2.34. The van der Waals surface area contributed by atoms with Crippen molar-refractivity contribution < 1.29 is 4.79 Å². The van der Waals surface area contributed by atoms with Gasteiger partial charge >= 0.3 is 0 Å². The summed E-state index contributed by atoms with van der Waals surface area (Å²) in [6, 6.07) is 15.9. The smallest absolute Gasteiger partial charge is 0.258 e. The van der Waals surface area contributed by atoms with Crippen molar-refractivity contribution in [2.75, 3.05) is 23.4 Å². The van der Waals surface area contributed by atoms with Crippen molar-refractivity contribution in [3.8, 4) is 0 Å². The minimum atomic E-state index is 0.0297. The number of anilines is 2. The molecular formula is C23H28N4O. The zero-order valence-corrected chi connectivity index (χ0v) is 17.0. The van der Waals surface area contributed by atoms with Crippen LogP contribution in [0.2, 0.25) is 0 Å². The second kappa shape index (κ2) is 8.74. The van der Waals surface area contributed by atoms with Crippen LogP contribution < -0.4 is 9.80 Å². The Morgan fingerprint density at radius 1 is 1.11 bits per heavy atom. The lowest BCUT2D eigenvalue weighted by Gasteiger charge is -2.27. The average molecular weight is 377 g/mol. The second-order valence-electron chi connectivity index (χ2n) is 7.63. The summed E-state index contributed by atoms with van der Waals surface area (Å²) in [5.41, 5.74) is 4.87. The molecule has 0 atom stereocenters. The van der Waals surface area contributed by atoms with Gasteiger partial charge in [0, 0.05) is 36.7 Å². The van der Waals surface area contributed by atoms with E-state index in [1.165, 1.54) is 0 Å². The Morgan fingerprint density at radius 2 is 1.82 bits per heavy atom. The Labute approximate surface area is 167 Å². The highest BCUT2D eigenvalue weighted by Crippen LogP contribution is 2.25. The quantitative estimate of drug-likeness (QED) is 0.653. The zero-order valence-electron chi connectivity index (χ0n) is 17.0. The minimum Gasteiger partial charge on any atom is -0.369 e. The molecule has 3 rings (SSSR count). The van der Waals surface area contributed by atoms with Gasteiger partial charge in [-0.3, -0.25) is 4.79 Å². The highest BCUT2D eigenvalue weighted by Gasteiger charge is 2.19. The van der Waals surface area contributed by atoms with Crippen LogP contribution in [0.25, 0.3) is 0 Å². The summed E-state index contributed by atoms with van der Waals surface area (Å²) >= 11 is 0. The molecule has 5 heteroatoms. The number of nitrogens with zero attached hydrogens (tertiary/aromatic N) is 3. The van der Waals surface area contributed by atoms with Gasteiger partial charge in [-0.1, -0.05) is 37.6 Å². The van der Waals surface area contributed by atoms with Gasteiger partial charge in [0.15, 0.2) is 0 Å². The number of nitrogens with one attached hydrogen (secondary N) is 1. The first-order valence-electron chi connectivity index (χ1n) is 9.61. The fourth-order valence-corrected chi connectivity index (χ4v) is 3.14. The van der Waals surface area contributed by atoms with Gasteiger partial charge in [-0.2, -0.15) is 0 Å². The van der Waals surface area contributed by atoms with Crippen molar-refractivity contribution >= 4 is 17.3 Å². The van der Waals surface area contributed by atoms with Crippen LogP contribution in [0, 0.1) is 12.8 Å². The Kier molecular flexibility index (Phi) is 6.14. The molecule has 0 spiro atoms. The first-order chi connectivity index (χ1) is 13.4. The highest BCUT2D eigenvalue weighted by atomic mass is 16.2. The monoisotopic (exact) mass is 376 g/mol. The van der Waals surface area contributed by atoms with Gasteiger partial charge in [0.05, 0.1) is 18.6 Å². The summed E-state index contributed by atoms with van der Waals surface area (Å²) in [5.74, 6) is 0.392. The van der Waals surface area contributed by atoms with E-state index in [2.05, 4.69) is 40.8 Å². The first-order valence-corrected chi connectivity index (χ1v) is 9.61.